The van der Waals surface area contributed by atoms with Gasteiger partial charge in [0.1, 0.15) is 12.0 Å². The van der Waals surface area contributed by atoms with Crippen molar-refractivity contribution in [3.8, 4) is 0 Å². The molecule has 1 aromatic carbocycles. The van der Waals surface area contributed by atoms with Gasteiger partial charge in [0.2, 0.25) is 0 Å². The van der Waals surface area contributed by atoms with Crippen molar-refractivity contribution >= 4 is 16.9 Å². The summed E-state index contributed by atoms with van der Waals surface area (Å²) >= 11 is 0. The molecule has 2 aromatic rings. The number of ether oxygens (including phenoxy) is 1. The zero-order chi connectivity index (χ0) is 14.5. The van der Waals surface area contributed by atoms with Crippen molar-refractivity contribution in [2.75, 3.05) is 13.8 Å². The maximum absolute atomic E-state index is 10.6. The topological polar surface area (TPSA) is 62.7 Å². The molecule has 0 unspecified atom stereocenters. The number of carboxylic acids is 1. The van der Waals surface area contributed by atoms with Crippen LogP contribution in [-0.2, 0) is 4.74 Å². The lowest BCUT2D eigenvalue weighted by atomic mass is 10.2. The quantitative estimate of drug-likeness (QED) is 0.864. The Kier molecular flexibility index (Phi) is 4.20. The Bertz CT molecular complexity index is 652. The van der Waals surface area contributed by atoms with Gasteiger partial charge < -0.3 is 14.7 Å². The second-order valence-corrected chi connectivity index (χ2v) is 4.45. The van der Waals surface area contributed by atoms with E-state index in [4.69, 9.17) is 9.84 Å². The molecule has 2 heterocycles. The second kappa shape index (κ2) is 6.06. The molecule has 0 aliphatic carbocycles. The summed E-state index contributed by atoms with van der Waals surface area (Å²) in [6.45, 7) is 2.73. The van der Waals surface area contributed by atoms with Gasteiger partial charge in [-0.1, -0.05) is 24.3 Å². The summed E-state index contributed by atoms with van der Waals surface area (Å²) in [4.78, 5) is 16.6. The SMILES string of the molecule is CC1=COCN1C.O=C(O)c1ccc2ccccc2n1. The standard InChI is InChI=1S/C10H7NO2.C5H9NO/c12-10(13)9-6-5-7-3-1-2-4-8(7)11-9;1-5-3-7-4-6(5)2/h1-6H,(H,12,13);3H,4H2,1-2H3. The van der Waals surface area contributed by atoms with E-state index >= 15 is 0 Å². The predicted molar refractivity (Wildman–Crippen MR) is 76.2 cm³/mol. The van der Waals surface area contributed by atoms with Crippen LogP contribution >= 0.6 is 0 Å². The lowest BCUT2D eigenvalue weighted by molar-refractivity contribution is 0.0691. The fraction of sp³-hybridized carbons (Fsp3) is 0.200. The number of carbonyl (C=O) groups is 1. The van der Waals surface area contributed by atoms with E-state index in [-0.39, 0.29) is 5.69 Å². The summed E-state index contributed by atoms with van der Waals surface area (Å²) in [5.41, 5.74) is 1.99. The molecule has 0 radical (unpaired) electrons. The van der Waals surface area contributed by atoms with Crippen LogP contribution in [0.15, 0.2) is 48.4 Å². The van der Waals surface area contributed by atoms with Gasteiger partial charge in [-0.25, -0.2) is 9.78 Å². The normalized spacial score (nSPS) is 13.3. The number of aromatic carboxylic acids is 1. The van der Waals surface area contributed by atoms with E-state index in [0.717, 1.165) is 5.39 Å². The van der Waals surface area contributed by atoms with E-state index in [0.29, 0.717) is 12.2 Å². The minimum absolute atomic E-state index is 0.0821. The molecule has 0 fully saturated rings. The Labute approximate surface area is 117 Å². The smallest absolute Gasteiger partial charge is 0.354 e. The third kappa shape index (κ3) is 3.26. The lowest BCUT2D eigenvalue weighted by Gasteiger charge is -2.07. The van der Waals surface area contributed by atoms with Crippen LogP contribution in [-0.4, -0.2) is 34.7 Å². The first kappa shape index (κ1) is 13.9. The van der Waals surface area contributed by atoms with Crippen LogP contribution in [0.1, 0.15) is 17.4 Å². The van der Waals surface area contributed by atoms with Gasteiger partial charge in [0.25, 0.3) is 0 Å². The molecule has 0 spiro atoms. The predicted octanol–water partition coefficient (Wildman–Crippen LogP) is 2.70. The van der Waals surface area contributed by atoms with Crippen molar-refractivity contribution in [3.05, 3.63) is 54.1 Å². The zero-order valence-corrected chi connectivity index (χ0v) is 11.4. The molecule has 1 aliphatic rings. The van der Waals surface area contributed by atoms with Gasteiger partial charge in [0.15, 0.2) is 6.73 Å². The maximum Gasteiger partial charge on any atom is 0.354 e. The molecular formula is C15H16N2O3. The number of para-hydroxylation sites is 1. The molecule has 5 nitrogen and oxygen atoms in total. The van der Waals surface area contributed by atoms with E-state index in [1.54, 1.807) is 18.4 Å². The Morgan fingerprint density at radius 3 is 2.60 bits per heavy atom. The summed E-state index contributed by atoms with van der Waals surface area (Å²) < 4.78 is 4.93. The number of hydrogen-bond acceptors (Lipinski definition) is 4. The number of benzene rings is 1. The van der Waals surface area contributed by atoms with Gasteiger partial charge in [0.05, 0.1) is 5.52 Å². The van der Waals surface area contributed by atoms with Crippen LogP contribution in [0.5, 0.6) is 0 Å². The number of nitrogens with zero attached hydrogens (tertiary/aromatic N) is 2. The summed E-state index contributed by atoms with van der Waals surface area (Å²) in [5, 5.41) is 9.63. The van der Waals surface area contributed by atoms with Gasteiger partial charge in [-0.2, -0.15) is 0 Å². The highest BCUT2D eigenvalue weighted by molar-refractivity contribution is 5.89. The largest absolute Gasteiger partial charge is 0.479 e. The third-order valence-corrected chi connectivity index (χ3v) is 2.94. The number of hydrogen-bond donors (Lipinski definition) is 1. The second-order valence-electron chi connectivity index (χ2n) is 4.45. The Balaban J connectivity index is 0.000000178. The first-order valence-corrected chi connectivity index (χ1v) is 6.16. The molecule has 1 aliphatic heterocycles. The number of aromatic nitrogens is 1. The number of carboxylic acid groups (broad SMARTS) is 1. The van der Waals surface area contributed by atoms with Gasteiger partial charge in [-0.05, 0) is 19.1 Å². The average molecular weight is 272 g/mol. The van der Waals surface area contributed by atoms with Crippen LogP contribution in [0.4, 0.5) is 0 Å². The highest BCUT2D eigenvalue weighted by Gasteiger charge is 2.04. The first-order chi connectivity index (χ1) is 9.58. The van der Waals surface area contributed by atoms with Crippen molar-refractivity contribution < 1.29 is 14.6 Å². The molecule has 0 bridgehead atoms. The highest BCUT2D eigenvalue weighted by Crippen LogP contribution is 2.11. The minimum Gasteiger partial charge on any atom is -0.479 e. The Hall–Kier alpha value is -2.56. The molecule has 20 heavy (non-hydrogen) atoms. The molecule has 0 atom stereocenters. The molecule has 3 rings (SSSR count). The van der Waals surface area contributed by atoms with Crippen molar-refractivity contribution in [1.29, 1.82) is 0 Å². The monoisotopic (exact) mass is 272 g/mol. The average Bonchev–Trinajstić information content (AvgIpc) is 2.83. The summed E-state index contributed by atoms with van der Waals surface area (Å²) in [6.07, 6.45) is 1.76. The van der Waals surface area contributed by atoms with Crippen LogP contribution in [0.25, 0.3) is 10.9 Å². The molecule has 0 amide bonds. The third-order valence-electron chi connectivity index (χ3n) is 2.94. The summed E-state index contributed by atoms with van der Waals surface area (Å²) in [5.74, 6) is -0.995. The van der Waals surface area contributed by atoms with Crippen LogP contribution in [0.3, 0.4) is 0 Å². The van der Waals surface area contributed by atoms with Crippen LogP contribution < -0.4 is 0 Å². The van der Waals surface area contributed by atoms with Crippen LogP contribution in [0, 0.1) is 0 Å². The van der Waals surface area contributed by atoms with Crippen molar-refractivity contribution in [2.45, 2.75) is 6.92 Å². The summed E-state index contributed by atoms with van der Waals surface area (Å²) in [6, 6.07) is 10.7. The Morgan fingerprint density at radius 1 is 1.30 bits per heavy atom. The van der Waals surface area contributed by atoms with E-state index < -0.39 is 5.97 Å². The highest BCUT2D eigenvalue weighted by atomic mass is 16.5. The molecule has 5 heteroatoms. The fourth-order valence-electron chi connectivity index (χ4n) is 1.65. The number of rotatable bonds is 1. The fourth-order valence-corrected chi connectivity index (χ4v) is 1.65. The molecule has 104 valence electrons. The van der Waals surface area contributed by atoms with Crippen molar-refractivity contribution in [2.24, 2.45) is 0 Å². The van der Waals surface area contributed by atoms with Crippen molar-refractivity contribution in [1.82, 2.24) is 9.88 Å². The minimum atomic E-state index is -0.995. The van der Waals surface area contributed by atoms with Crippen LogP contribution in [0.2, 0.25) is 0 Å². The van der Waals surface area contributed by atoms with E-state index in [9.17, 15) is 4.79 Å². The number of pyridine rings is 1. The van der Waals surface area contributed by atoms with E-state index in [1.165, 1.54) is 11.8 Å². The summed E-state index contributed by atoms with van der Waals surface area (Å²) in [7, 11) is 2.00. The van der Waals surface area contributed by atoms with Gasteiger partial charge in [0, 0.05) is 18.1 Å². The number of allylic oxidation sites excluding steroid dienone is 1. The zero-order valence-electron chi connectivity index (χ0n) is 11.4. The van der Waals surface area contributed by atoms with Gasteiger partial charge in [-0.3, -0.25) is 0 Å². The van der Waals surface area contributed by atoms with E-state index in [2.05, 4.69) is 4.98 Å². The molecule has 0 saturated heterocycles. The van der Waals surface area contributed by atoms with Crippen molar-refractivity contribution in [3.63, 3.8) is 0 Å². The maximum atomic E-state index is 10.6. The first-order valence-electron chi connectivity index (χ1n) is 6.16. The van der Waals surface area contributed by atoms with Gasteiger partial charge in [-0.15, -0.1) is 0 Å². The molecule has 1 aromatic heterocycles. The van der Waals surface area contributed by atoms with E-state index in [1.807, 2.05) is 37.1 Å². The van der Waals surface area contributed by atoms with Gasteiger partial charge >= 0.3 is 5.97 Å². The molecule has 0 saturated carbocycles. The lowest BCUT2D eigenvalue weighted by Crippen LogP contribution is -2.10. The number of fused-ring (bicyclic) bond motifs is 1. The Morgan fingerprint density at radius 2 is 2.05 bits per heavy atom. The molecular weight excluding hydrogens is 256 g/mol. The molecule has 1 N–H and O–H groups in total.